The van der Waals surface area contributed by atoms with E-state index in [9.17, 15) is 0 Å². The molecule has 11 heavy (non-hydrogen) atoms. The van der Waals surface area contributed by atoms with Crippen LogP contribution in [0.1, 0.15) is 10.7 Å². The molecule has 62 valence electrons. The van der Waals surface area contributed by atoms with E-state index in [1.165, 1.54) is 0 Å². The van der Waals surface area contributed by atoms with Gasteiger partial charge in [-0.3, -0.25) is 0 Å². The Morgan fingerprint density at radius 1 is 1.73 bits per heavy atom. The van der Waals surface area contributed by atoms with Crippen LogP contribution in [0.5, 0.6) is 0 Å². The van der Waals surface area contributed by atoms with Gasteiger partial charge in [0.15, 0.2) is 0 Å². The molecule has 1 rings (SSSR count). The molecule has 0 bridgehead atoms. The molecule has 0 unspecified atom stereocenters. The zero-order valence-corrected chi connectivity index (χ0v) is 7.45. The summed E-state index contributed by atoms with van der Waals surface area (Å²) >= 11 is 1.69. The van der Waals surface area contributed by atoms with Crippen LogP contribution in [0, 0.1) is 6.92 Å². The molecule has 1 aromatic rings. The van der Waals surface area contributed by atoms with Crippen LogP contribution in [0.2, 0.25) is 0 Å². The fourth-order valence-corrected chi connectivity index (χ4v) is 1.52. The lowest BCUT2D eigenvalue weighted by molar-refractivity contribution is 0.691. The van der Waals surface area contributed by atoms with Gasteiger partial charge in [-0.25, -0.2) is 4.98 Å². The van der Waals surface area contributed by atoms with Crippen molar-refractivity contribution in [1.29, 1.82) is 0 Å². The summed E-state index contributed by atoms with van der Waals surface area (Å²) < 4.78 is 0. The minimum atomic E-state index is 0.685. The monoisotopic (exact) mass is 171 g/mol. The molecule has 0 saturated heterocycles. The van der Waals surface area contributed by atoms with Gasteiger partial charge in [-0.05, 0) is 6.92 Å². The van der Waals surface area contributed by atoms with Crippen molar-refractivity contribution >= 4 is 11.3 Å². The van der Waals surface area contributed by atoms with E-state index in [2.05, 4.69) is 15.7 Å². The standard InChI is InChI=1S/C7H13N3S/c1-6-5-11-7(10-6)4-9-3-2-8/h5,9H,2-4,8H2,1H3. The third-order valence-electron chi connectivity index (χ3n) is 1.26. The van der Waals surface area contributed by atoms with Gasteiger partial charge in [0.25, 0.3) is 0 Å². The number of aryl methyl sites for hydroxylation is 1. The first-order valence-corrected chi connectivity index (χ1v) is 4.52. The summed E-state index contributed by atoms with van der Waals surface area (Å²) in [5, 5.41) is 6.38. The van der Waals surface area contributed by atoms with Crippen LogP contribution in [0.15, 0.2) is 5.38 Å². The largest absolute Gasteiger partial charge is 0.329 e. The normalized spacial score (nSPS) is 10.4. The van der Waals surface area contributed by atoms with Gasteiger partial charge in [0, 0.05) is 30.7 Å². The Labute approximate surface area is 70.6 Å². The molecule has 0 amide bonds. The molecule has 1 heterocycles. The predicted octanol–water partition coefficient (Wildman–Crippen LogP) is 0.500. The van der Waals surface area contributed by atoms with Gasteiger partial charge in [0.05, 0.1) is 0 Å². The fraction of sp³-hybridized carbons (Fsp3) is 0.571. The molecule has 0 spiro atoms. The lowest BCUT2D eigenvalue weighted by Crippen LogP contribution is -2.21. The molecule has 0 saturated carbocycles. The molecule has 0 aliphatic heterocycles. The molecular formula is C7H13N3S. The minimum Gasteiger partial charge on any atom is -0.329 e. The molecule has 4 heteroatoms. The number of thiazole rings is 1. The lowest BCUT2D eigenvalue weighted by Gasteiger charge is -1.97. The second-order valence-electron chi connectivity index (χ2n) is 2.35. The van der Waals surface area contributed by atoms with E-state index in [-0.39, 0.29) is 0 Å². The molecule has 1 aromatic heterocycles. The Morgan fingerprint density at radius 2 is 2.55 bits per heavy atom. The highest BCUT2D eigenvalue weighted by atomic mass is 32.1. The van der Waals surface area contributed by atoms with Crippen molar-refractivity contribution in [2.45, 2.75) is 13.5 Å². The van der Waals surface area contributed by atoms with Crippen molar-refractivity contribution in [3.05, 3.63) is 16.1 Å². The summed E-state index contributed by atoms with van der Waals surface area (Å²) in [6, 6.07) is 0. The van der Waals surface area contributed by atoms with Crippen LogP contribution in [-0.4, -0.2) is 18.1 Å². The van der Waals surface area contributed by atoms with Crippen LogP contribution in [0.25, 0.3) is 0 Å². The van der Waals surface area contributed by atoms with Gasteiger partial charge in [-0.2, -0.15) is 0 Å². The average Bonchev–Trinajstić information content (AvgIpc) is 2.37. The average molecular weight is 171 g/mol. The highest BCUT2D eigenvalue weighted by Crippen LogP contribution is 2.07. The quantitative estimate of drug-likeness (QED) is 0.649. The first-order valence-electron chi connectivity index (χ1n) is 3.64. The smallest absolute Gasteiger partial charge is 0.107 e. The number of rotatable bonds is 4. The third-order valence-corrected chi connectivity index (χ3v) is 2.23. The van der Waals surface area contributed by atoms with Crippen molar-refractivity contribution in [3.8, 4) is 0 Å². The van der Waals surface area contributed by atoms with Gasteiger partial charge in [-0.1, -0.05) is 0 Å². The van der Waals surface area contributed by atoms with Crippen molar-refractivity contribution in [2.24, 2.45) is 5.73 Å². The molecule has 3 N–H and O–H groups in total. The number of nitrogens with two attached hydrogens (primary N) is 1. The first-order chi connectivity index (χ1) is 5.33. The van der Waals surface area contributed by atoms with E-state index >= 15 is 0 Å². The fourth-order valence-electron chi connectivity index (χ4n) is 0.781. The molecule has 0 fully saturated rings. The summed E-state index contributed by atoms with van der Waals surface area (Å²) in [5.41, 5.74) is 6.42. The van der Waals surface area contributed by atoms with Crippen LogP contribution >= 0.6 is 11.3 Å². The lowest BCUT2D eigenvalue weighted by atomic mass is 10.5. The first kappa shape index (κ1) is 8.64. The molecule has 0 aliphatic rings. The number of nitrogens with zero attached hydrogens (tertiary/aromatic N) is 1. The van der Waals surface area contributed by atoms with E-state index in [4.69, 9.17) is 5.73 Å². The van der Waals surface area contributed by atoms with Crippen molar-refractivity contribution < 1.29 is 0 Å². The third kappa shape index (κ3) is 2.96. The second kappa shape index (κ2) is 4.43. The van der Waals surface area contributed by atoms with Gasteiger partial charge in [0.2, 0.25) is 0 Å². The Morgan fingerprint density at radius 3 is 3.09 bits per heavy atom. The molecule has 0 aromatic carbocycles. The van der Waals surface area contributed by atoms with E-state index in [0.29, 0.717) is 6.54 Å². The van der Waals surface area contributed by atoms with Crippen LogP contribution < -0.4 is 11.1 Å². The van der Waals surface area contributed by atoms with Crippen molar-refractivity contribution in [1.82, 2.24) is 10.3 Å². The zero-order chi connectivity index (χ0) is 8.10. The molecule has 3 nitrogen and oxygen atoms in total. The van der Waals surface area contributed by atoms with Gasteiger partial charge in [-0.15, -0.1) is 11.3 Å². The Balaban J connectivity index is 2.27. The molecular weight excluding hydrogens is 158 g/mol. The maximum absolute atomic E-state index is 5.32. The summed E-state index contributed by atoms with van der Waals surface area (Å²) in [5.74, 6) is 0. The van der Waals surface area contributed by atoms with E-state index in [1.807, 2.05) is 6.92 Å². The Hall–Kier alpha value is -0.450. The van der Waals surface area contributed by atoms with E-state index in [1.54, 1.807) is 11.3 Å². The summed E-state index contributed by atoms with van der Waals surface area (Å²) in [6.07, 6.45) is 0. The molecule has 0 atom stereocenters. The second-order valence-corrected chi connectivity index (χ2v) is 3.29. The van der Waals surface area contributed by atoms with E-state index in [0.717, 1.165) is 23.8 Å². The van der Waals surface area contributed by atoms with Crippen molar-refractivity contribution in [3.63, 3.8) is 0 Å². The number of hydrogen-bond donors (Lipinski definition) is 2. The summed E-state index contributed by atoms with van der Waals surface area (Å²) in [4.78, 5) is 4.30. The summed E-state index contributed by atoms with van der Waals surface area (Å²) in [7, 11) is 0. The predicted molar refractivity (Wildman–Crippen MR) is 47.6 cm³/mol. The van der Waals surface area contributed by atoms with E-state index < -0.39 is 0 Å². The van der Waals surface area contributed by atoms with Gasteiger partial charge >= 0.3 is 0 Å². The number of hydrogen-bond acceptors (Lipinski definition) is 4. The maximum Gasteiger partial charge on any atom is 0.107 e. The van der Waals surface area contributed by atoms with Crippen molar-refractivity contribution in [2.75, 3.05) is 13.1 Å². The summed E-state index contributed by atoms with van der Waals surface area (Å²) in [6.45, 7) is 4.39. The van der Waals surface area contributed by atoms with Gasteiger partial charge in [0.1, 0.15) is 5.01 Å². The number of nitrogens with one attached hydrogen (secondary N) is 1. The van der Waals surface area contributed by atoms with Crippen LogP contribution in [0.4, 0.5) is 0 Å². The van der Waals surface area contributed by atoms with Crippen LogP contribution in [0.3, 0.4) is 0 Å². The Kier molecular flexibility index (Phi) is 3.48. The minimum absolute atomic E-state index is 0.685. The SMILES string of the molecule is Cc1csc(CNCCN)n1. The molecule has 0 aliphatic carbocycles. The van der Waals surface area contributed by atoms with Crippen LogP contribution in [-0.2, 0) is 6.54 Å². The topological polar surface area (TPSA) is 50.9 Å². The zero-order valence-electron chi connectivity index (χ0n) is 6.63. The Bertz CT molecular complexity index is 209. The van der Waals surface area contributed by atoms with Gasteiger partial charge < -0.3 is 11.1 Å². The maximum atomic E-state index is 5.32. The number of aromatic nitrogens is 1. The highest BCUT2D eigenvalue weighted by molar-refractivity contribution is 7.09. The highest BCUT2D eigenvalue weighted by Gasteiger charge is 1.95. The molecule has 0 radical (unpaired) electrons.